The van der Waals surface area contributed by atoms with Crippen molar-refractivity contribution in [2.75, 3.05) is 0 Å². The van der Waals surface area contributed by atoms with Crippen molar-refractivity contribution in [3.63, 3.8) is 0 Å². The summed E-state index contributed by atoms with van der Waals surface area (Å²) in [5, 5.41) is 1.85. The Labute approximate surface area is 131 Å². The summed E-state index contributed by atoms with van der Waals surface area (Å²) in [6.45, 7) is 1.96. The van der Waals surface area contributed by atoms with E-state index in [1.807, 2.05) is 31.2 Å². The summed E-state index contributed by atoms with van der Waals surface area (Å²) in [5.74, 6) is 0.690. The van der Waals surface area contributed by atoms with Gasteiger partial charge in [0.15, 0.2) is 5.43 Å². The molecule has 0 N–H and O–H groups in total. The first-order valence-electron chi connectivity index (χ1n) is 6.53. The topological polar surface area (TPSA) is 43.1 Å². The highest BCUT2D eigenvalue weighted by molar-refractivity contribution is 7.99. The summed E-state index contributed by atoms with van der Waals surface area (Å²) in [6, 6.07) is 12.6. The maximum atomic E-state index is 12.0. The van der Waals surface area contributed by atoms with Crippen LogP contribution >= 0.6 is 23.4 Å². The highest BCUT2D eigenvalue weighted by Gasteiger charge is 2.06. The first kappa shape index (κ1) is 14.2. The molecule has 0 amide bonds. The van der Waals surface area contributed by atoms with Crippen LogP contribution in [0.5, 0.6) is 0 Å². The van der Waals surface area contributed by atoms with E-state index in [1.54, 1.807) is 18.2 Å². The molecule has 0 spiro atoms. The van der Waals surface area contributed by atoms with Crippen molar-refractivity contribution >= 4 is 34.3 Å². The van der Waals surface area contributed by atoms with Crippen molar-refractivity contribution in [1.29, 1.82) is 0 Å². The van der Waals surface area contributed by atoms with E-state index in [-0.39, 0.29) is 5.43 Å². The molecule has 5 heteroatoms. The van der Waals surface area contributed by atoms with Crippen LogP contribution in [-0.2, 0) is 6.42 Å². The van der Waals surface area contributed by atoms with Crippen LogP contribution in [0.4, 0.5) is 0 Å². The van der Waals surface area contributed by atoms with Gasteiger partial charge in [0, 0.05) is 17.4 Å². The molecule has 3 rings (SSSR count). The summed E-state index contributed by atoms with van der Waals surface area (Å²) >= 11 is 7.36. The average molecular weight is 318 g/mol. The molecule has 2 aromatic heterocycles. The van der Waals surface area contributed by atoms with Gasteiger partial charge in [-0.05, 0) is 30.3 Å². The molecule has 106 valence electrons. The van der Waals surface area contributed by atoms with E-state index in [2.05, 4.69) is 4.98 Å². The first-order valence-corrected chi connectivity index (χ1v) is 7.72. The van der Waals surface area contributed by atoms with Crippen LogP contribution in [0.15, 0.2) is 61.6 Å². The van der Waals surface area contributed by atoms with Crippen molar-refractivity contribution < 1.29 is 4.42 Å². The molecule has 2 heterocycles. The predicted octanol–water partition coefficient (Wildman–Crippen LogP) is 4.56. The number of aromatic nitrogens is 1. The third-order valence-electron chi connectivity index (χ3n) is 3.01. The van der Waals surface area contributed by atoms with Gasteiger partial charge in [-0.25, -0.2) is 4.98 Å². The van der Waals surface area contributed by atoms with Gasteiger partial charge in [-0.1, -0.05) is 36.4 Å². The normalized spacial score (nSPS) is 11.0. The fourth-order valence-corrected chi connectivity index (χ4v) is 3.04. The van der Waals surface area contributed by atoms with Gasteiger partial charge >= 0.3 is 0 Å². The summed E-state index contributed by atoms with van der Waals surface area (Å²) < 4.78 is 5.73. The predicted molar refractivity (Wildman–Crippen MR) is 85.2 cm³/mol. The molecule has 1 aromatic carbocycles. The number of pyridine rings is 1. The van der Waals surface area contributed by atoms with Gasteiger partial charge in [0.25, 0.3) is 0 Å². The van der Waals surface area contributed by atoms with Crippen molar-refractivity contribution in [1.82, 2.24) is 4.98 Å². The molecule has 0 aliphatic carbocycles. The van der Waals surface area contributed by atoms with Gasteiger partial charge in [0.2, 0.25) is 0 Å². The molecule has 0 atom stereocenters. The minimum Gasteiger partial charge on any atom is -0.461 e. The SMILES string of the molecule is CCc1cc(=O)c2ccc(Sc3cccc(Cl)n3)cc2o1. The largest absolute Gasteiger partial charge is 0.461 e. The fraction of sp³-hybridized carbons (Fsp3) is 0.125. The van der Waals surface area contributed by atoms with Gasteiger partial charge in [0.1, 0.15) is 21.5 Å². The van der Waals surface area contributed by atoms with Crippen LogP contribution in [0.3, 0.4) is 0 Å². The quantitative estimate of drug-likeness (QED) is 0.664. The Kier molecular flexibility index (Phi) is 3.99. The smallest absolute Gasteiger partial charge is 0.192 e. The van der Waals surface area contributed by atoms with Gasteiger partial charge in [-0.3, -0.25) is 4.79 Å². The van der Waals surface area contributed by atoms with Crippen LogP contribution in [0.1, 0.15) is 12.7 Å². The van der Waals surface area contributed by atoms with E-state index >= 15 is 0 Å². The van der Waals surface area contributed by atoms with E-state index in [1.165, 1.54) is 11.8 Å². The second-order valence-corrected chi connectivity index (χ2v) is 5.97. The summed E-state index contributed by atoms with van der Waals surface area (Å²) in [6.07, 6.45) is 0.693. The van der Waals surface area contributed by atoms with Gasteiger partial charge in [-0.15, -0.1) is 0 Å². The number of halogens is 1. The maximum absolute atomic E-state index is 12.0. The molecule has 0 aliphatic rings. The number of nitrogens with zero attached hydrogens (tertiary/aromatic N) is 1. The second kappa shape index (κ2) is 5.92. The Hall–Kier alpha value is -1.78. The van der Waals surface area contributed by atoms with Crippen molar-refractivity contribution in [3.8, 4) is 0 Å². The lowest BCUT2D eigenvalue weighted by atomic mass is 10.2. The molecular weight excluding hydrogens is 306 g/mol. The van der Waals surface area contributed by atoms with Crippen LogP contribution in [0.25, 0.3) is 11.0 Å². The molecule has 3 nitrogen and oxygen atoms in total. The zero-order valence-corrected chi connectivity index (χ0v) is 12.9. The zero-order chi connectivity index (χ0) is 14.8. The summed E-state index contributed by atoms with van der Waals surface area (Å²) in [4.78, 5) is 17.2. The van der Waals surface area contributed by atoms with Crippen LogP contribution < -0.4 is 5.43 Å². The molecule has 0 fully saturated rings. The zero-order valence-electron chi connectivity index (χ0n) is 11.3. The summed E-state index contributed by atoms with van der Waals surface area (Å²) in [7, 11) is 0. The van der Waals surface area contributed by atoms with Gasteiger partial charge < -0.3 is 4.42 Å². The number of rotatable bonds is 3. The Bertz CT molecular complexity index is 860. The van der Waals surface area contributed by atoms with E-state index in [0.29, 0.717) is 28.3 Å². The third-order valence-corrected chi connectivity index (χ3v) is 4.15. The molecule has 0 radical (unpaired) electrons. The minimum atomic E-state index is -0.00877. The first-order chi connectivity index (χ1) is 10.2. The Morgan fingerprint density at radius 1 is 1.24 bits per heavy atom. The number of aryl methyl sites for hydroxylation is 1. The number of fused-ring (bicyclic) bond motifs is 1. The molecule has 0 saturated carbocycles. The molecule has 3 aromatic rings. The Morgan fingerprint density at radius 3 is 2.86 bits per heavy atom. The lowest BCUT2D eigenvalue weighted by Crippen LogP contribution is -2.01. The minimum absolute atomic E-state index is 0.00877. The molecular formula is C16H12ClNO2S. The van der Waals surface area contributed by atoms with Crippen LogP contribution in [0.2, 0.25) is 5.15 Å². The van der Waals surface area contributed by atoms with Gasteiger partial charge in [-0.2, -0.15) is 0 Å². The van der Waals surface area contributed by atoms with E-state index in [0.717, 1.165) is 9.92 Å². The average Bonchev–Trinajstić information content (AvgIpc) is 2.46. The van der Waals surface area contributed by atoms with E-state index in [4.69, 9.17) is 16.0 Å². The lowest BCUT2D eigenvalue weighted by Gasteiger charge is -2.04. The Balaban J connectivity index is 2.02. The highest BCUT2D eigenvalue weighted by Crippen LogP contribution is 2.29. The van der Waals surface area contributed by atoms with Crippen molar-refractivity contribution in [2.24, 2.45) is 0 Å². The van der Waals surface area contributed by atoms with E-state index in [9.17, 15) is 4.79 Å². The molecule has 21 heavy (non-hydrogen) atoms. The van der Waals surface area contributed by atoms with Crippen LogP contribution in [0, 0.1) is 0 Å². The fourth-order valence-electron chi connectivity index (χ4n) is 1.99. The standard InChI is InChI=1S/C16H12ClNO2S/c1-2-10-8-13(19)12-7-6-11(9-14(12)20-10)21-16-5-3-4-15(17)18-16/h3-9H,2H2,1H3. The summed E-state index contributed by atoms with van der Waals surface area (Å²) in [5.41, 5.74) is 0.594. The van der Waals surface area contributed by atoms with Crippen molar-refractivity contribution in [2.45, 2.75) is 23.3 Å². The molecule has 0 aliphatic heterocycles. The number of hydrogen-bond donors (Lipinski definition) is 0. The van der Waals surface area contributed by atoms with E-state index < -0.39 is 0 Å². The van der Waals surface area contributed by atoms with Crippen LogP contribution in [-0.4, -0.2) is 4.98 Å². The third kappa shape index (κ3) is 3.12. The highest BCUT2D eigenvalue weighted by atomic mass is 35.5. The second-order valence-electron chi connectivity index (χ2n) is 4.49. The monoisotopic (exact) mass is 317 g/mol. The molecule has 0 unspecified atom stereocenters. The van der Waals surface area contributed by atoms with Gasteiger partial charge in [0.05, 0.1) is 5.39 Å². The van der Waals surface area contributed by atoms with Crippen molar-refractivity contribution in [3.05, 3.63) is 63.6 Å². The number of hydrogen-bond acceptors (Lipinski definition) is 4. The molecule has 0 bridgehead atoms. The molecule has 0 saturated heterocycles. The lowest BCUT2D eigenvalue weighted by molar-refractivity contribution is 0.543. The Morgan fingerprint density at radius 2 is 2.10 bits per heavy atom. The maximum Gasteiger partial charge on any atom is 0.192 e. The number of benzene rings is 1.